The van der Waals surface area contributed by atoms with Crippen molar-refractivity contribution in [2.75, 3.05) is 5.75 Å². The largest absolute Gasteiger partial charge is 0.300 e. The van der Waals surface area contributed by atoms with Crippen molar-refractivity contribution in [2.24, 2.45) is 5.14 Å². The van der Waals surface area contributed by atoms with Gasteiger partial charge in [0, 0.05) is 12.8 Å². The molecule has 0 aliphatic rings. The van der Waals surface area contributed by atoms with Crippen LogP contribution in [0.25, 0.3) is 0 Å². The molecule has 0 saturated carbocycles. The second kappa shape index (κ2) is 12.3. The molecule has 4 nitrogen and oxygen atoms in total. The molecule has 0 bridgehead atoms. The summed E-state index contributed by atoms with van der Waals surface area (Å²) >= 11 is 0. The molecular weight excluding hydrogens is 274 g/mol. The Morgan fingerprint density at radius 3 is 1.60 bits per heavy atom. The lowest BCUT2D eigenvalue weighted by atomic mass is 10.0. The second-order valence-corrected chi connectivity index (χ2v) is 7.28. The first kappa shape index (κ1) is 19.6. The summed E-state index contributed by atoms with van der Waals surface area (Å²) in [5, 5.41) is 4.93. The molecule has 0 unspecified atom stereocenters. The van der Waals surface area contributed by atoms with Crippen molar-refractivity contribution in [3.05, 3.63) is 0 Å². The zero-order valence-electron chi connectivity index (χ0n) is 12.9. The smallest absolute Gasteiger partial charge is 0.209 e. The Hall–Kier alpha value is -0.420. The normalized spacial score (nSPS) is 11.7. The average Bonchev–Trinajstić information content (AvgIpc) is 2.38. The van der Waals surface area contributed by atoms with Crippen molar-refractivity contribution in [1.29, 1.82) is 0 Å². The van der Waals surface area contributed by atoms with Gasteiger partial charge in [0.05, 0.1) is 5.75 Å². The van der Waals surface area contributed by atoms with Crippen molar-refractivity contribution in [3.63, 3.8) is 0 Å². The van der Waals surface area contributed by atoms with Gasteiger partial charge in [0.1, 0.15) is 5.78 Å². The molecule has 0 aliphatic heterocycles. The van der Waals surface area contributed by atoms with E-state index in [0.717, 1.165) is 25.7 Å². The summed E-state index contributed by atoms with van der Waals surface area (Å²) < 4.78 is 21.4. The Labute approximate surface area is 124 Å². The molecule has 0 aromatic carbocycles. The second-order valence-electron chi connectivity index (χ2n) is 5.54. The Morgan fingerprint density at radius 2 is 1.20 bits per heavy atom. The van der Waals surface area contributed by atoms with Crippen LogP contribution in [0, 0.1) is 0 Å². The molecule has 0 rings (SSSR count). The minimum atomic E-state index is -3.27. The first-order chi connectivity index (χ1) is 9.45. The summed E-state index contributed by atoms with van der Waals surface area (Å²) in [5.74, 6) is 0.494. The molecule has 5 heteroatoms. The number of carbonyl (C=O) groups is 1. The summed E-state index contributed by atoms with van der Waals surface area (Å²) in [4.78, 5) is 11.1. The van der Waals surface area contributed by atoms with Gasteiger partial charge >= 0.3 is 0 Å². The molecular formula is C15H31NO3S. The maximum absolute atomic E-state index is 11.1. The number of carbonyl (C=O) groups excluding carboxylic acids is 1. The Morgan fingerprint density at radius 1 is 0.800 bits per heavy atom. The Bertz CT molecular complexity index is 339. The number of hydrogen-bond donors (Lipinski definition) is 1. The SMILES string of the molecule is CCC(=O)CCCCCCCCCCCCS(N)(=O)=O. The summed E-state index contributed by atoms with van der Waals surface area (Å²) in [5.41, 5.74) is 0. The highest BCUT2D eigenvalue weighted by Gasteiger charge is 2.01. The maximum Gasteiger partial charge on any atom is 0.209 e. The van der Waals surface area contributed by atoms with Gasteiger partial charge in [-0.05, 0) is 12.8 Å². The summed E-state index contributed by atoms with van der Waals surface area (Å²) in [6, 6.07) is 0. The third-order valence-corrected chi connectivity index (χ3v) is 4.39. The molecule has 0 atom stereocenters. The van der Waals surface area contributed by atoms with Gasteiger partial charge in [-0.3, -0.25) is 4.79 Å². The monoisotopic (exact) mass is 305 g/mol. The number of primary sulfonamides is 1. The van der Waals surface area contributed by atoms with E-state index in [1.165, 1.54) is 38.5 Å². The van der Waals surface area contributed by atoms with Crippen LogP contribution in [0.2, 0.25) is 0 Å². The molecule has 0 heterocycles. The van der Waals surface area contributed by atoms with Crippen molar-refractivity contribution in [3.8, 4) is 0 Å². The fraction of sp³-hybridized carbons (Fsp3) is 0.933. The van der Waals surface area contributed by atoms with Crippen LogP contribution < -0.4 is 5.14 Å². The standard InChI is InChI=1S/C15H31NO3S/c1-2-15(17)13-11-9-7-5-3-4-6-8-10-12-14-20(16,18)19/h2-14H2,1H3,(H2,16,18,19). The molecule has 2 N–H and O–H groups in total. The Balaban J connectivity index is 3.12. The van der Waals surface area contributed by atoms with E-state index in [9.17, 15) is 13.2 Å². The molecule has 0 fully saturated rings. The van der Waals surface area contributed by atoms with Crippen LogP contribution in [-0.4, -0.2) is 20.0 Å². The first-order valence-electron chi connectivity index (χ1n) is 7.98. The lowest BCUT2D eigenvalue weighted by Gasteiger charge is -2.02. The highest BCUT2D eigenvalue weighted by molar-refractivity contribution is 7.89. The van der Waals surface area contributed by atoms with Gasteiger partial charge in [-0.25, -0.2) is 13.6 Å². The van der Waals surface area contributed by atoms with E-state index in [4.69, 9.17) is 5.14 Å². The van der Waals surface area contributed by atoms with E-state index in [-0.39, 0.29) is 5.75 Å². The average molecular weight is 305 g/mol. The quantitative estimate of drug-likeness (QED) is 0.499. The molecule has 120 valence electrons. The van der Waals surface area contributed by atoms with Crippen molar-refractivity contribution >= 4 is 15.8 Å². The van der Waals surface area contributed by atoms with E-state index in [0.29, 0.717) is 18.6 Å². The zero-order chi connectivity index (χ0) is 15.3. The minimum absolute atomic E-state index is 0.115. The van der Waals surface area contributed by atoms with Crippen LogP contribution >= 0.6 is 0 Å². The van der Waals surface area contributed by atoms with E-state index >= 15 is 0 Å². The summed E-state index contributed by atoms with van der Waals surface area (Å²) in [6.07, 6.45) is 12.5. The molecule has 0 amide bonds. The maximum atomic E-state index is 11.1. The van der Waals surface area contributed by atoms with Crippen LogP contribution in [0.1, 0.15) is 84.0 Å². The summed E-state index contributed by atoms with van der Waals surface area (Å²) in [6.45, 7) is 1.92. The number of unbranched alkanes of at least 4 members (excludes halogenated alkanes) is 9. The van der Waals surface area contributed by atoms with Gasteiger partial charge in [-0.2, -0.15) is 0 Å². The highest BCUT2D eigenvalue weighted by Crippen LogP contribution is 2.11. The number of sulfonamides is 1. The molecule has 0 aromatic rings. The predicted molar refractivity (Wildman–Crippen MR) is 84.1 cm³/mol. The number of Topliss-reactive ketones (excluding diaryl/α,β-unsaturated/α-hetero) is 1. The number of ketones is 1. The topological polar surface area (TPSA) is 77.2 Å². The van der Waals surface area contributed by atoms with Gasteiger partial charge < -0.3 is 0 Å². The van der Waals surface area contributed by atoms with E-state index in [1.807, 2.05) is 6.92 Å². The minimum Gasteiger partial charge on any atom is -0.300 e. The third-order valence-electron chi connectivity index (χ3n) is 3.53. The van der Waals surface area contributed by atoms with Crippen molar-refractivity contribution in [1.82, 2.24) is 0 Å². The molecule has 0 saturated heterocycles. The number of hydrogen-bond acceptors (Lipinski definition) is 3. The lowest BCUT2D eigenvalue weighted by Crippen LogP contribution is -2.16. The molecule has 0 spiro atoms. The lowest BCUT2D eigenvalue weighted by molar-refractivity contribution is -0.118. The van der Waals surface area contributed by atoms with Crippen LogP contribution in [0.5, 0.6) is 0 Å². The van der Waals surface area contributed by atoms with E-state index in [1.54, 1.807) is 0 Å². The van der Waals surface area contributed by atoms with Gasteiger partial charge in [-0.15, -0.1) is 0 Å². The van der Waals surface area contributed by atoms with Gasteiger partial charge in [0.25, 0.3) is 0 Å². The predicted octanol–water partition coefficient (Wildman–Crippen LogP) is 3.55. The van der Waals surface area contributed by atoms with Gasteiger partial charge in [-0.1, -0.05) is 58.3 Å². The van der Waals surface area contributed by atoms with Crippen LogP contribution in [0.4, 0.5) is 0 Å². The molecule has 0 aromatic heterocycles. The third kappa shape index (κ3) is 15.6. The number of rotatable bonds is 14. The van der Waals surface area contributed by atoms with E-state index < -0.39 is 10.0 Å². The van der Waals surface area contributed by atoms with Crippen molar-refractivity contribution < 1.29 is 13.2 Å². The summed E-state index contributed by atoms with van der Waals surface area (Å²) in [7, 11) is -3.27. The van der Waals surface area contributed by atoms with Gasteiger partial charge in [0.15, 0.2) is 0 Å². The van der Waals surface area contributed by atoms with Crippen LogP contribution in [-0.2, 0) is 14.8 Å². The Kier molecular flexibility index (Phi) is 12.1. The first-order valence-corrected chi connectivity index (χ1v) is 9.69. The van der Waals surface area contributed by atoms with Crippen LogP contribution in [0.3, 0.4) is 0 Å². The fourth-order valence-electron chi connectivity index (χ4n) is 2.22. The van der Waals surface area contributed by atoms with Gasteiger partial charge in [0.2, 0.25) is 10.0 Å². The molecule has 0 aliphatic carbocycles. The highest BCUT2D eigenvalue weighted by atomic mass is 32.2. The molecule has 20 heavy (non-hydrogen) atoms. The molecule has 0 radical (unpaired) electrons. The zero-order valence-corrected chi connectivity index (χ0v) is 13.7. The number of nitrogens with two attached hydrogens (primary N) is 1. The van der Waals surface area contributed by atoms with E-state index in [2.05, 4.69) is 0 Å². The van der Waals surface area contributed by atoms with Crippen molar-refractivity contribution in [2.45, 2.75) is 84.0 Å². The fourth-order valence-corrected chi connectivity index (χ4v) is 2.82. The van der Waals surface area contributed by atoms with Crippen LogP contribution in [0.15, 0.2) is 0 Å².